The lowest BCUT2D eigenvalue weighted by molar-refractivity contribution is -0.137. The van der Waals surface area contributed by atoms with Gasteiger partial charge in [-0.2, -0.15) is 13.2 Å². The molecular formula is C18H16ClF4N3O3S. The number of aryl methyl sites for hydroxylation is 1. The van der Waals surface area contributed by atoms with Crippen molar-refractivity contribution in [2.75, 3.05) is 21.9 Å². The van der Waals surface area contributed by atoms with Crippen molar-refractivity contribution in [1.29, 1.82) is 0 Å². The first-order valence-electron chi connectivity index (χ1n) is 9.89. The first kappa shape index (κ1) is 18.4. The summed E-state index contributed by atoms with van der Waals surface area (Å²) in [7, 11) is -4.30. The van der Waals surface area contributed by atoms with Gasteiger partial charge in [-0.25, -0.2) is 22.1 Å². The van der Waals surface area contributed by atoms with Crippen LogP contribution >= 0.6 is 11.6 Å². The molecule has 1 aliphatic rings. The molecule has 0 unspecified atom stereocenters. The van der Waals surface area contributed by atoms with Gasteiger partial charge in [0.2, 0.25) is 10.0 Å². The number of hydrogen-bond acceptors (Lipinski definition) is 4. The number of amides is 1. The van der Waals surface area contributed by atoms with E-state index in [1.165, 1.54) is 6.92 Å². The van der Waals surface area contributed by atoms with E-state index in [9.17, 15) is 30.8 Å². The molecule has 2 heterocycles. The number of nitrogens with zero attached hydrogens (tertiary/aromatic N) is 3. The van der Waals surface area contributed by atoms with Crippen molar-refractivity contribution < 1.29 is 34.9 Å². The number of pyridine rings is 1. The maximum absolute atomic E-state index is 13.6. The molecule has 1 atom stereocenters. The van der Waals surface area contributed by atoms with E-state index >= 15 is 0 Å². The van der Waals surface area contributed by atoms with E-state index in [0.29, 0.717) is 16.4 Å². The normalized spacial score (nSPS) is 20.4. The zero-order valence-electron chi connectivity index (χ0n) is 18.2. The lowest BCUT2D eigenvalue weighted by Crippen LogP contribution is -2.46. The predicted molar refractivity (Wildman–Crippen MR) is 103 cm³/mol. The number of alkyl halides is 3. The molecule has 1 aromatic heterocycles. The number of benzene rings is 1. The summed E-state index contributed by atoms with van der Waals surface area (Å²) >= 11 is 5.70. The van der Waals surface area contributed by atoms with Gasteiger partial charge in [-0.15, -0.1) is 0 Å². The van der Waals surface area contributed by atoms with E-state index in [2.05, 4.69) is 4.98 Å². The Bertz CT molecular complexity index is 1210. The molecule has 1 aromatic carbocycles. The van der Waals surface area contributed by atoms with Gasteiger partial charge in [0, 0.05) is 22.5 Å². The Labute approximate surface area is 179 Å². The third-order valence-corrected chi connectivity index (χ3v) is 6.47. The van der Waals surface area contributed by atoms with Crippen LogP contribution in [0.5, 0.6) is 0 Å². The Kier molecular flexibility index (Phi) is 4.71. The zero-order chi connectivity index (χ0) is 24.9. The largest absolute Gasteiger partial charge is 0.416 e. The minimum absolute atomic E-state index is 0.161. The number of aromatic nitrogens is 1. The van der Waals surface area contributed by atoms with E-state index in [1.54, 1.807) is 0 Å². The molecule has 1 aliphatic heterocycles. The molecular weight excluding hydrogens is 450 g/mol. The van der Waals surface area contributed by atoms with Gasteiger partial charge < -0.3 is 4.90 Å². The van der Waals surface area contributed by atoms with E-state index in [1.807, 2.05) is 0 Å². The van der Waals surface area contributed by atoms with Gasteiger partial charge in [-0.1, -0.05) is 11.6 Å². The predicted octanol–water partition coefficient (Wildman–Crippen LogP) is 3.77. The quantitative estimate of drug-likeness (QED) is 0.643. The highest BCUT2D eigenvalue weighted by molar-refractivity contribution is 7.93. The van der Waals surface area contributed by atoms with Gasteiger partial charge in [0.15, 0.2) is 0 Å². The number of halogens is 5. The fourth-order valence-corrected chi connectivity index (χ4v) is 4.88. The fourth-order valence-electron chi connectivity index (χ4n) is 3.02. The standard InChI is InChI=1S/C18H16ClF4N3O3S/c1-10-7-11(18(21,22)23)8-16(24-10)26-15(5-6-30(26,28)29)17(27)25(2)12-3-4-14(20)13(19)9-12/h3-4,7-9,15H,5-6H2,1-2H3/t15-/m1/s1/i2D3. The molecule has 1 amide bonds. The molecule has 0 saturated carbocycles. The first-order valence-corrected chi connectivity index (χ1v) is 10.4. The Hall–Kier alpha value is -2.40. The number of rotatable bonds is 3. The second-order valence-corrected chi connectivity index (χ2v) is 8.91. The summed E-state index contributed by atoms with van der Waals surface area (Å²) in [5.41, 5.74) is -1.69. The van der Waals surface area contributed by atoms with Gasteiger partial charge in [-0.3, -0.25) is 4.79 Å². The summed E-state index contributed by atoms with van der Waals surface area (Å²) in [5.74, 6) is -3.43. The summed E-state index contributed by atoms with van der Waals surface area (Å²) in [6.07, 6.45) is -5.22. The van der Waals surface area contributed by atoms with E-state index in [-0.39, 0.29) is 16.3 Å². The summed E-state index contributed by atoms with van der Waals surface area (Å²) in [6, 6.07) is 2.15. The highest BCUT2D eigenvalue weighted by Crippen LogP contribution is 2.35. The van der Waals surface area contributed by atoms with Crippen molar-refractivity contribution >= 4 is 39.0 Å². The third kappa shape index (κ3) is 4.22. The summed E-state index contributed by atoms with van der Waals surface area (Å²) in [6.45, 7) is -1.93. The third-order valence-electron chi connectivity index (χ3n) is 4.39. The zero-order valence-corrected chi connectivity index (χ0v) is 16.8. The van der Waals surface area contributed by atoms with Crippen LogP contribution in [0.2, 0.25) is 5.02 Å². The number of likely N-dealkylation sites (N-methyl/N-ethyl adjacent to an activating group) is 1. The molecule has 2 aromatic rings. The molecule has 0 bridgehead atoms. The average Bonchev–Trinajstić information content (AvgIpc) is 2.97. The lowest BCUT2D eigenvalue weighted by atomic mass is 10.1. The van der Waals surface area contributed by atoms with Crippen LogP contribution in [-0.4, -0.2) is 38.1 Å². The van der Waals surface area contributed by atoms with Gasteiger partial charge in [0.05, 0.1) is 16.3 Å². The summed E-state index contributed by atoms with van der Waals surface area (Å²) < 4.78 is 102. The maximum atomic E-state index is 13.6. The van der Waals surface area contributed by atoms with Crippen LogP contribution in [-0.2, 0) is 21.0 Å². The Balaban J connectivity index is 2.13. The van der Waals surface area contributed by atoms with Crippen molar-refractivity contribution in [3.8, 4) is 0 Å². The van der Waals surface area contributed by atoms with Crippen LogP contribution in [0.4, 0.5) is 29.1 Å². The van der Waals surface area contributed by atoms with E-state index in [4.69, 9.17) is 15.7 Å². The number of sulfonamides is 1. The molecule has 30 heavy (non-hydrogen) atoms. The van der Waals surface area contributed by atoms with Gasteiger partial charge in [0.25, 0.3) is 5.91 Å². The SMILES string of the molecule is [2H]C([2H])([2H])N(C(=O)[C@H]1CCS(=O)(=O)N1c1cc(C(F)(F)F)cc(C)n1)c1ccc(F)c(Cl)c1. The number of anilines is 2. The van der Waals surface area contributed by atoms with Crippen LogP contribution in [0.3, 0.4) is 0 Å². The molecule has 1 fully saturated rings. The van der Waals surface area contributed by atoms with E-state index in [0.717, 1.165) is 18.2 Å². The minimum atomic E-state index is -4.82. The van der Waals surface area contributed by atoms with Crippen molar-refractivity contribution in [2.45, 2.75) is 25.6 Å². The lowest BCUT2D eigenvalue weighted by Gasteiger charge is -2.28. The number of carbonyl (C=O) groups excluding carboxylic acids is 1. The van der Waals surface area contributed by atoms with Crippen molar-refractivity contribution in [3.05, 3.63) is 52.4 Å². The number of carbonyl (C=O) groups is 1. The van der Waals surface area contributed by atoms with Crippen LogP contribution in [0, 0.1) is 12.7 Å². The molecule has 0 radical (unpaired) electrons. The van der Waals surface area contributed by atoms with Crippen molar-refractivity contribution in [2.24, 2.45) is 0 Å². The highest BCUT2D eigenvalue weighted by atomic mass is 35.5. The summed E-state index contributed by atoms with van der Waals surface area (Å²) in [5, 5.41) is -0.486. The smallest absolute Gasteiger partial charge is 0.314 e. The molecule has 6 nitrogen and oxygen atoms in total. The average molecular weight is 469 g/mol. The molecule has 0 N–H and O–H groups in total. The second kappa shape index (κ2) is 7.69. The second-order valence-electron chi connectivity index (χ2n) is 6.54. The Morgan fingerprint density at radius 1 is 1.33 bits per heavy atom. The highest BCUT2D eigenvalue weighted by Gasteiger charge is 2.44. The van der Waals surface area contributed by atoms with Gasteiger partial charge in [-0.05, 0) is 43.7 Å². The molecule has 0 spiro atoms. The topological polar surface area (TPSA) is 70.6 Å². The van der Waals surface area contributed by atoms with Gasteiger partial charge >= 0.3 is 6.18 Å². The van der Waals surface area contributed by atoms with Gasteiger partial charge in [0.1, 0.15) is 17.7 Å². The van der Waals surface area contributed by atoms with Crippen LogP contribution < -0.4 is 9.21 Å². The number of hydrogen-bond donors (Lipinski definition) is 0. The van der Waals surface area contributed by atoms with E-state index < -0.39 is 69.5 Å². The Morgan fingerprint density at radius 2 is 2.03 bits per heavy atom. The fraction of sp³-hybridized carbons (Fsp3) is 0.333. The van der Waals surface area contributed by atoms with Crippen LogP contribution in [0.1, 0.15) is 21.8 Å². The molecule has 1 saturated heterocycles. The monoisotopic (exact) mass is 468 g/mol. The molecule has 0 aliphatic carbocycles. The first-order chi connectivity index (χ1) is 15.0. The van der Waals surface area contributed by atoms with Crippen molar-refractivity contribution in [3.63, 3.8) is 0 Å². The molecule has 162 valence electrons. The van der Waals surface area contributed by atoms with Crippen LogP contribution in [0.15, 0.2) is 30.3 Å². The summed E-state index contributed by atoms with van der Waals surface area (Å²) in [4.78, 5) is 17.4. The molecule has 12 heteroatoms. The van der Waals surface area contributed by atoms with Crippen molar-refractivity contribution in [1.82, 2.24) is 4.98 Å². The molecule has 3 rings (SSSR count). The maximum Gasteiger partial charge on any atom is 0.416 e. The van der Waals surface area contributed by atoms with Crippen LogP contribution in [0.25, 0.3) is 0 Å². The minimum Gasteiger partial charge on any atom is -0.314 e. The Morgan fingerprint density at radius 3 is 2.63 bits per heavy atom.